The van der Waals surface area contributed by atoms with Crippen molar-refractivity contribution < 1.29 is 18.0 Å². The van der Waals surface area contributed by atoms with E-state index in [1.807, 2.05) is 6.07 Å². The van der Waals surface area contributed by atoms with E-state index in [-0.39, 0.29) is 12.2 Å². The Morgan fingerprint density at radius 2 is 1.68 bits per heavy atom. The van der Waals surface area contributed by atoms with E-state index in [9.17, 15) is 18.0 Å². The summed E-state index contributed by atoms with van der Waals surface area (Å²) in [5.74, 6) is -0.540. The third-order valence-corrected chi connectivity index (χ3v) is 7.84. The highest BCUT2D eigenvalue weighted by atomic mass is 32.2. The van der Waals surface area contributed by atoms with Crippen LogP contribution in [0, 0.1) is 0 Å². The predicted octanol–water partition coefficient (Wildman–Crippen LogP) is 3.62. The molecular formula is C26H35N3O4S. The number of unbranched alkanes of at least 4 members (excludes halogenated alkanes) is 1. The number of piperazine rings is 1. The first-order valence-corrected chi connectivity index (χ1v) is 13.9. The topological polar surface area (TPSA) is 86.8 Å². The number of rotatable bonds is 11. The molecule has 1 saturated heterocycles. The first-order valence-electron chi connectivity index (χ1n) is 11.9. The Balaban J connectivity index is 1.41. The average molecular weight is 486 g/mol. The Morgan fingerprint density at radius 1 is 0.971 bits per heavy atom. The molecule has 1 N–H and O–H groups in total. The van der Waals surface area contributed by atoms with Crippen LogP contribution in [0.25, 0.3) is 0 Å². The summed E-state index contributed by atoms with van der Waals surface area (Å²) in [6.07, 6.45) is 3.47. The van der Waals surface area contributed by atoms with Crippen LogP contribution < -0.4 is 10.2 Å². The van der Waals surface area contributed by atoms with Crippen LogP contribution >= 0.6 is 0 Å². The molecular weight excluding hydrogens is 450 g/mol. The second kappa shape index (κ2) is 12.1. The molecule has 8 heteroatoms. The Morgan fingerprint density at radius 3 is 2.32 bits per heavy atom. The van der Waals surface area contributed by atoms with Crippen molar-refractivity contribution in [2.24, 2.45) is 0 Å². The molecule has 1 atom stereocenters. The standard InChI is InChI=1S/C26H35N3O4S/c1-3-25(34(2,32)33)26(31)27-22-11-9-10-21(20-22)24(30)14-7-8-15-28-16-18-29(19-17-28)23-12-5-4-6-13-23/h4-6,9-13,20,25H,3,7-8,14-19H2,1-2H3,(H,27,31). The van der Waals surface area contributed by atoms with Gasteiger partial charge in [-0.05, 0) is 50.1 Å². The van der Waals surface area contributed by atoms with Gasteiger partial charge in [-0.3, -0.25) is 14.5 Å². The van der Waals surface area contributed by atoms with Crippen LogP contribution in [0.5, 0.6) is 0 Å². The fraction of sp³-hybridized carbons (Fsp3) is 0.462. The third kappa shape index (κ3) is 7.40. The quantitative estimate of drug-likeness (QED) is 0.386. The van der Waals surface area contributed by atoms with E-state index in [4.69, 9.17) is 0 Å². The molecule has 1 unspecified atom stereocenters. The fourth-order valence-electron chi connectivity index (χ4n) is 4.31. The number of ketones is 1. The molecule has 1 heterocycles. The minimum atomic E-state index is -3.49. The smallest absolute Gasteiger partial charge is 0.242 e. The molecule has 3 rings (SSSR count). The number of amides is 1. The summed E-state index contributed by atoms with van der Waals surface area (Å²) in [7, 11) is -3.49. The summed E-state index contributed by atoms with van der Waals surface area (Å²) in [4.78, 5) is 29.9. The summed E-state index contributed by atoms with van der Waals surface area (Å²) in [6, 6.07) is 17.2. The molecule has 184 valence electrons. The molecule has 1 amide bonds. The number of carbonyl (C=O) groups is 2. The van der Waals surface area contributed by atoms with Crippen LogP contribution in [0.4, 0.5) is 11.4 Å². The maximum atomic E-state index is 12.7. The van der Waals surface area contributed by atoms with E-state index in [2.05, 4.69) is 39.4 Å². The van der Waals surface area contributed by atoms with Crippen molar-refractivity contribution in [3.63, 3.8) is 0 Å². The van der Waals surface area contributed by atoms with Gasteiger partial charge >= 0.3 is 0 Å². The Kier molecular flexibility index (Phi) is 9.24. The monoisotopic (exact) mass is 485 g/mol. The number of hydrogen-bond acceptors (Lipinski definition) is 6. The number of benzene rings is 2. The van der Waals surface area contributed by atoms with Crippen molar-refractivity contribution in [2.75, 3.05) is 49.2 Å². The normalized spacial score (nSPS) is 15.6. The molecule has 1 fully saturated rings. The lowest BCUT2D eigenvalue weighted by Crippen LogP contribution is -2.46. The molecule has 1 aliphatic heterocycles. The zero-order valence-corrected chi connectivity index (χ0v) is 20.9. The lowest BCUT2D eigenvalue weighted by Gasteiger charge is -2.36. The molecule has 0 saturated carbocycles. The van der Waals surface area contributed by atoms with Gasteiger partial charge in [-0.1, -0.05) is 37.3 Å². The molecule has 0 spiro atoms. The molecule has 1 aliphatic rings. The van der Waals surface area contributed by atoms with Crippen molar-refractivity contribution >= 4 is 32.9 Å². The zero-order valence-electron chi connectivity index (χ0n) is 20.1. The van der Waals surface area contributed by atoms with E-state index >= 15 is 0 Å². The van der Waals surface area contributed by atoms with E-state index in [0.717, 1.165) is 51.8 Å². The number of nitrogens with zero attached hydrogens (tertiary/aromatic N) is 2. The Hall–Kier alpha value is -2.71. The van der Waals surface area contributed by atoms with Crippen LogP contribution in [0.15, 0.2) is 54.6 Å². The van der Waals surface area contributed by atoms with Gasteiger partial charge < -0.3 is 10.2 Å². The predicted molar refractivity (Wildman–Crippen MR) is 137 cm³/mol. The summed E-state index contributed by atoms with van der Waals surface area (Å²) in [6.45, 7) is 6.72. The van der Waals surface area contributed by atoms with E-state index in [1.54, 1.807) is 31.2 Å². The van der Waals surface area contributed by atoms with E-state index < -0.39 is 21.0 Å². The number of para-hydroxylation sites is 1. The highest BCUT2D eigenvalue weighted by Gasteiger charge is 2.27. The maximum absolute atomic E-state index is 12.7. The number of carbonyl (C=O) groups excluding carboxylic acids is 2. The van der Waals surface area contributed by atoms with Crippen molar-refractivity contribution in [1.82, 2.24) is 4.90 Å². The number of sulfone groups is 1. The summed E-state index contributed by atoms with van der Waals surface area (Å²) in [5.41, 5.74) is 2.24. The van der Waals surface area contributed by atoms with Crippen LogP contribution in [0.3, 0.4) is 0 Å². The maximum Gasteiger partial charge on any atom is 0.242 e. The average Bonchev–Trinajstić information content (AvgIpc) is 2.82. The van der Waals surface area contributed by atoms with Crippen molar-refractivity contribution in [3.8, 4) is 0 Å². The number of anilines is 2. The molecule has 0 bridgehead atoms. The van der Waals surface area contributed by atoms with Crippen LogP contribution in [-0.4, -0.2) is 69.2 Å². The SMILES string of the molecule is CCC(C(=O)Nc1cccc(C(=O)CCCCN2CCN(c3ccccc3)CC2)c1)S(C)(=O)=O. The van der Waals surface area contributed by atoms with Gasteiger partial charge in [-0.2, -0.15) is 0 Å². The van der Waals surface area contributed by atoms with Crippen LogP contribution in [-0.2, 0) is 14.6 Å². The lowest BCUT2D eigenvalue weighted by molar-refractivity contribution is -0.115. The van der Waals surface area contributed by atoms with Gasteiger partial charge in [-0.15, -0.1) is 0 Å². The largest absolute Gasteiger partial charge is 0.369 e. The minimum Gasteiger partial charge on any atom is -0.369 e. The number of Topliss-reactive ketones (excluding diaryl/α,β-unsaturated/α-hetero) is 1. The van der Waals surface area contributed by atoms with Gasteiger partial charge in [0.25, 0.3) is 0 Å². The zero-order chi connectivity index (χ0) is 24.6. The van der Waals surface area contributed by atoms with Crippen LogP contribution in [0.2, 0.25) is 0 Å². The molecule has 34 heavy (non-hydrogen) atoms. The number of nitrogens with one attached hydrogen (secondary N) is 1. The molecule has 0 aromatic heterocycles. The van der Waals surface area contributed by atoms with Crippen LogP contribution in [0.1, 0.15) is 43.0 Å². The van der Waals surface area contributed by atoms with Crippen molar-refractivity contribution in [2.45, 2.75) is 37.9 Å². The minimum absolute atomic E-state index is 0.0279. The third-order valence-electron chi connectivity index (χ3n) is 6.25. The van der Waals surface area contributed by atoms with Crippen molar-refractivity contribution in [1.29, 1.82) is 0 Å². The van der Waals surface area contributed by atoms with E-state index in [0.29, 0.717) is 17.7 Å². The van der Waals surface area contributed by atoms with Gasteiger partial charge in [0.1, 0.15) is 5.25 Å². The van der Waals surface area contributed by atoms with Gasteiger partial charge in [0.05, 0.1) is 0 Å². The van der Waals surface area contributed by atoms with Crippen molar-refractivity contribution in [3.05, 3.63) is 60.2 Å². The molecule has 7 nitrogen and oxygen atoms in total. The fourth-order valence-corrected chi connectivity index (χ4v) is 5.36. The molecule has 2 aromatic carbocycles. The second-order valence-corrected chi connectivity index (χ2v) is 11.1. The number of hydrogen-bond donors (Lipinski definition) is 1. The summed E-state index contributed by atoms with van der Waals surface area (Å²) < 4.78 is 23.6. The van der Waals surface area contributed by atoms with Gasteiger partial charge in [0.2, 0.25) is 5.91 Å². The van der Waals surface area contributed by atoms with Gasteiger partial charge in [0.15, 0.2) is 15.6 Å². The first-order chi connectivity index (χ1) is 16.3. The lowest BCUT2D eigenvalue weighted by atomic mass is 10.0. The summed E-state index contributed by atoms with van der Waals surface area (Å²) >= 11 is 0. The van der Waals surface area contributed by atoms with Gasteiger partial charge in [-0.25, -0.2) is 8.42 Å². The first kappa shape index (κ1) is 25.9. The Labute approximate surface area is 203 Å². The molecule has 0 aliphatic carbocycles. The Bertz CT molecular complexity index is 1060. The molecule has 0 radical (unpaired) electrons. The second-order valence-electron chi connectivity index (χ2n) is 8.84. The highest BCUT2D eigenvalue weighted by molar-refractivity contribution is 7.92. The van der Waals surface area contributed by atoms with E-state index in [1.165, 1.54) is 5.69 Å². The van der Waals surface area contributed by atoms with Gasteiger partial charge in [0, 0.05) is 55.8 Å². The highest BCUT2D eigenvalue weighted by Crippen LogP contribution is 2.18. The summed E-state index contributed by atoms with van der Waals surface area (Å²) in [5, 5.41) is 1.54. The molecule has 2 aromatic rings.